The van der Waals surface area contributed by atoms with Gasteiger partial charge in [-0.2, -0.15) is 25.3 Å². The number of azo groups is 4. The van der Waals surface area contributed by atoms with Crippen molar-refractivity contribution in [3.8, 4) is 28.7 Å². The SMILES string of the molecule is COc1cc(N=Nc2c(N)ccc3c(O)c(N=Nc4cc(OC)c(N=Nc5ccc(S(=O)(=O)CCOS(=O)(=O)O)cc5S(=O)(=O)O)cc4OC)c(SOOO)cc23)c(OC)cc1N=Nc1ccc(S(=O)(=O)C(C)OS(=O)(=O)O)cc1SOOO. The van der Waals surface area contributed by atoms with Crippen LogP contribution < -0.4 is 24.7 Å². The van der Waals surface area contributed by atoms with E-state index in [1.165, 1.54) is 70.9 Å². The quantitative estimate of drug-likeness (QED) is 0.00600. The van der Waals surface area contributed by atoms with E-state index in [9.17, 15) is 51.7 Å². The number of nitrogens with zero attached hydrogens (tertiary/aromatic N) is 8. The Kier molecular flexibility index (Phi) is 21.7. The molecule has 42 heteroatoms. The monoisotopic (exact) mass is 1310 g/mol. The first-order valence-corrected chi connectivity index (χ1v) is 30.9. The first kappa shape index (κ1) is 65.9. The zero-order valence-electron chi connectivity index (χ0n) is 42.9. The molecule has 84 heavy (non-hydrogen) atoms. The Morgan fingerprint density at radius 2 is 0.988 bits per heavy atom. The molecule has 452 valence electrons. The van der Waals surface area contributed by atoms with E-state index in [1.54, 1.807) is 0 Å². The number of aromatic hydroxyl groups is 1. The van der Waals surface area contributed by atoms with Gasteiger partial charge >= 0.3 is 20.8 Å². The number of methoxy groups -OCH3 is 4. The summed E-state index contributed by atoms with van der Waals surface area (Å²) in [5.74, 6) is -1.74. The summed E-state index contributed by atoms with van der Waals surface area (Å²) in [5, 5.41) is 70.5. The van der Waals surface area contributed by atoms with Crippen molar-refractivity contribution in [2.45, 2.75) is 36.8 Å². The van der Waals surface area contributed by atoms with Gasteiger partial charge in [-0.3, -0.25) is 13.7 Å². The Labute approximate surface area is 483 Å². The third-order valence-electron chi connectivity index (χ3n) is 10.7. The Morgan fingerprint density at radius 3 is 1.48 bits per heavy atom. The van der Waals surface area contributed by atoms with Crippen LogP contribution in [0.5, 0.6) is 28.7 Å². The van der Waals surface area contributed by atoms with Gasteiger partial charge in [0.2, 0.25) is 9.84 Å². The zero-order chi connectivity index (χ0) is 62.0. The third kappa shape index (κ3) is 16.6. The minimum Gasteiger partial charge on any atom is -0.505 e. The molecule has 0 fully saturated rings. The van der Waals surface area contributed by atoms with Gasteiger partial charge in [0.15, 0.2) is 21.0 Å². The van der Waals surface area contributed by atoms with Gasteiger partial charge in [-0.25, -0.2) is 35.7 Å². The summed E-state index contributed by atoms with van der Waals surface area (Å²) >= 11 is 0.622. The number of phenols is 1. The van der Waals surface area contributed by atoms with E-state index in [2.05, 4.69) is 63.7 Å². The summed E-state index contributed by atoms with van der Waals surface area (Å²) < 4.78 is 188. The van der Waals surface area contributed by atoms with Crippen molar-refractivity contribution >= 4 is 137 Å². The van der Waals surface area contributed by atoms with E-state index in [0.29, 0.717) is 18.1 Å². The lowest BCUT2D eigenvalue weighted by atomic mass is 10.1. The summed E-state index contributed by atoms with van der Waals surface area (Å²) in [7, 11) is -19.4. The molecule has 0 aliphatic carbocycles. The lowest BCUT2D eigenvalue weighted by Gasteiger charge is -2.13. The number of anilines is 1. The third-order valence-corrected chi connectivity index (χ3v) is 17.5. The zero-order valence-corrected chi connectivity index (χ0v) is 48.6. The molecule has 6 aromatic carbocycles. The number of hydrogen-bond donors (Lipinski definition) is 7. The van der Waals surface area contributed by atoms with Crippen molar-refractivity contribution in [3.05, 3.63) is 78.9 Å². The van der Waals surface area contributed by atoms with Crippen molar-refractivity contribution in [1.29, 1.82) is 0 Å². The second kappa shape index (κ2) is 27.7. The first-order chi connectivity index (χ1) is 39.5. The minimum atomic E-state index is -5.19. The topological polar surface area (TPSA) is 509 Å². The largest absolute Gasteiger partial charge is 0.505 e. The van der Waals surface area contributed by atoms with E-state index in [1.807, 2.05) is 0 Å². The molecule has 0 saturated heterocycles. The molecule has 35 nitrogen and oxygen atoms in total. The molecule has 6 aromatic rings. The predicted octanol–water partition coefficient (Wildman–Crippen LogP) is 9.46. The molecule has 0 saturated carbocycles. The van der Waals surface area contributed by atoms with Crippen molar-refractivity contribution in [1.82, 2.24) is 0 Å². The van der Waals surface area contributed by atoms with Gasteiger partial charge in [0.05, 0.1) is 90.2 Å². The number of nitrogen functional groups attached to an aromatic ring is 1. The number of rotatable bonds is 28. The number of ether oxygens (including phenoxy) is 4. The standard InChI is InChI=1S/C42H41N9O26S7/c1-21(73-84(65,66)67)81(57,58)23-7-10-27(37(14-23)78-76-74-53)44-46-29-17-35(70-4)31(19-33(29)68-2)48-50-40-25-16-38(79-77-75-54)41(42(52)24(25)8-9-26(40)43)51-49-32-20-34(69-3)30(18-36(32)71-5)47-45-28-11-6-22(15-39(28)82(59,60)61)80(55,56)13-12-72-83(62,63)64/h6-11,14-21,52-54H,12-13,43H2,1-5H3,(H,59,60,61)(H,62,63,64)(H,65,66,67). The van der Waals surface area contributed by atoms with E-state index >= 15 is 0 Å². The fourth-order valence-electron chi connectivity index (χ4n) is 6.84. The average molecular weight is 1310 g/mol. The van der Waals surface area contributed by atoms with Crippen LogP contribution in [0.15, 0.2) is 144 Å². The minimum absolute atomic E-state index is 0.000200. The molecular formula is C42H41N9O26S7. The van der Waals surface area contributed by atoms with Crippen molar-refractivity contribution in [2.24, 2.45) is 40.9 Å². The lowest BCUT2D eigenvalue weighted by molar-refractivity contribution is -0.432. The van der Waals surface area contributed by atoms with Crippen molar-refractivity contribution < 1.29 is 117 Å². The maximum atomic E-state index is 13.0. The maximum Gasteiger partial charge on any atom is 0.398 e. The van der Waals surface area contributed by atoms with Gasteiger partial charge in [0, 0.05) is 35.0 Å². The van der Waals surface area contributed by atoms with E-state index in [0.717, 1.165) is 37.3 Å². The van der Waals surface area contributed by atoms with Crippen molar-refractivity contribution in [2.75, 3.05) is 46.5 Å². The van der Waals surface area contributed by atoms with E-state index in [-0.39, 0.29) is 101 Å². The lowest BCUT2D eigenvalue weighted by Crippen LogP contribution is -2.24. The fourth-order valence-corrected chi connectivity index (χ4v) is 12.1. The normalized spacial score (nSPS) is 13.2. The molecule has 0 bridgehead atoms. The fraction of sp³-hybridized carbons (Fsp3) is 0.190. The maximum absolute atomic E-state index is 13.0. The van der Waals surface area contributed by atoms with Gasteiger partial charge in [-0.05, 0) is 61.5 Å². The highest BCUT2D eigenvalue weighted by atomic mass is 32.3. The van der Waals surface area contributed by atoms with Gasteiger partial charge in [-0.1, -0.05) is 10.1 Å². The summed E-state index contributed by atoms with van der Waals surface area (Å²) in [6, 6.07) is 14.6. The van der Waals surface area contributed by atoms with Gasteiger partial charge < -0.3 is 29.8 Å². The molecule has 1 unspecified atom stereocenters. The molecule has 0 radical (unpaired) electrons. The van der Waals surface area contributed by atoms with Gasteiger partial charge in [0.1, 0.15) is 73.4 Å². The Hall–Kier alpha value is -7.21. The van der Waals surface area contributed by atoms with Crippen LogP contribution in [-0.2, 0) is 77.7 Å². The number of fused-ring (bicyclic) bond motifs is 1. The number of hydrogen-bond acceptors (Lipinski definition) is 34. The van der Waals surface area contributed by atoms with Crippen LogP contribution in [0.1, 0.15) is 6.92 Å². The average Bonchev–Trinajstić information content (AvgIpc) is 2.86. The first-order valence-electron chi connectivity index (χ1n) is 22.1. The van der Waals surface area contributed by atoms with Crippen LogP contribution in [0.25, 0.3) is 10.8 Å². The number of nitrogens with two attached hydrogens (primary N) is 1. The highest BCUT2D eigenvalue weighted by Gasteiger charge is 2.30. The molecule has 0 aliphatic heterocycles. The molecule has 6 rings (SSSR count). The van der Waals surface area contributed by atoms with Crippen LogP contribution in [0.4, 0.5) is 51.2 Å². The number of benzene rings is 6. The summed E-state index contributed by atoms with van der Waals surface area (Å²) in [6.07, 6.45) is 0. The molecule has 0 aliphatic rings. The second-order valence-corrected chi connectivity index (χ2v) is 25.1. The summed E-state index contributed by atoms with van der Waals surface area (Å²) in [5.41, 5.74) is 3.10. The number of phenolic OH excluding ortho intramolecular Hbond substituents is 1. The Morgan fingerprint density at radius 1 is 0.524 bits per heavy atom. The highest BCUT2D eigenvalue weighted by Crippen LogP contribution is 2.50. The Bertz CT molecular complexity index is 4200. The molecular weight excluding hydrogens is 1270 g/mol. The van der Waals surface area contributed by atoms with Gasteiger partial charge in [0.25, 0.3) is 10.1 Å². The summed E-state index contributed by atoms with van der Waals surface area (Å²) in [6.45, 7) is -0.176. The van der Waals surface area contributed by atoms with Crippen LogP contribution >= 0.6 is 24.1 Å². The van der Waals surface area contributed by atoms with Crippen LogP contribution in [-0.4, -0.2) is 118 Å². The molecule has 8 N–H and O–H groups in total. The molecule has 0 aromatic heterocycles. The predicted molar refractivity (Wildman–Crippen MR) is 289 cm³/mol. The summed E-state index contributed by atoms with van der Waals surface area (Å²) in [4.78, 5) is -2.48. The Balaban J connectivity index is 1.34. The van der Waals surface area contributed by atoms with Crippen LogP contribution in [0.3, 0.4) is 0 Å². The molecule has 0 heterocycles. The molecule has 0 spiro atoms. The van der Waals surface area contributed by atoms with E-state index in [4.69, 9.17) is 48.6 Å². The van der Waals surface area contributed by atoms with Crippen LogP contribution in [0, 0.1) is 0 Å². The second-order valence-electron chi connectivity index (χ2n) is 15.8. The molecule has 1 atom stereocenters. The number of sulfone groups is 2. The van der Waals surface area contributed by atoms with E-state index < -0.39 is 94.5 Å². The smallest absolute Gasteiger partial charge is 0.398 e. The van der Waals surface area contributed by atoms with Crippen molar-refractivity contribution in [3.63, 3.8) is 0 Å². The van der Waals surface area contributed by atoms with Crippen LogP contribution in [0.2, 0.25) is 0 Å². The highest BCUT2D eigenvalue weighted by molar-refractivity contribution is 7.95. The van der Waals surface area contributed by atoms with Gasteiger partial charge in [-0.15, -0.1) is 49.6 Å². The molecule has 0 amide bonds.